The Morgan fingerprint density at radius 3 is 3.14 bits per heavy atom. The molecule has 0 bridgehead atoms. The van der Waals surface area contributed by atoms with Crippen LogP contribution in [0.3, 0.4) is 0 Å². The van der Waals surface area contributed by atoms with E-state index in [2.05, 4.69) is 4.98 Å². The first-order chi connectivity index (χ1) is 10.6. The topological polar surface area (TPSA) is 68.7 Å². The van der Waals surface area contributed by atoms with Crippen LogP contribution in [0.1, 0.15) is 19.3 Å². The molecule has 1 aromatic rings. The Morgan fingerprint density at radius 2 is 2.41 bits per heavy atom. The van der Waals surface area contributed by atoms with E-state index in [1.54, 1.807) is 29.7 Å². The van der Waals surface area contributed by atoms with E-state index in [0.29, 0.717) is 26.1 Å². The second kappa shape index (κ2) is 6.23. The normalized spacial score (nSPS) is 30.0. The molecule has 0 unspecified atom stereocenters. The van der Waals surface area contributed by atoms with Gasteiger partial charge >= 0.3 is 0 Å². The van der Waals surface area contributed by atoms with Crippen molar-refractivity contribution in [2.45, 2.75) is 30.3 Å². The molecule has 6 nitrogen and oxygen atoms in total. The highest BCUT2D eigenvalue weighted by Gasteiger charge is 2.48. The molecule has 22 heavy (non-hydrogen) atoms. The van der Waals surface area contributed by atoms with Gasteiger partial charge in [0.15, 0.2) is 0 Å². The van der Waals surface area contributed by atoms with E-state index in [4.69, 9.17) is 9.47 Å². The molecular weight excluding hydrogens is 304 g/mol. The van der Waals surface area contributed by atoms with Gasteiger partial charge in [0.25, 0.3) is 0 Å². The van der Waals surface area contributed by atoms with E-state index >= 15 is 0 Å². The maximum Gasteiger partial charge on any atom is 0.244 e. The SMILES string of the molecule is COC[C@@]12CCCO[C@@H]1CCN(S(=O)(=O)c1cccnc1)C2. The molecule has 3 heterocycles. The van der Waals surface area contributed by atoms with Crippen molar-refractivity contribution in [3.8, 4) is 0 Å². The molecule has 0 aromatic carbocycles. The van der Waals surface area contributed by atoms with Crippen LogP contribution in [0, 0.1) is 5.41 Å². The number of sulfonamides is 1. The fourth-order valence-corrected chi connectivity index (χ4v) is 5.12. The molecule has 2 atom stereocenters. The number of hydrogen-bond donors (Lipinski definition) is 0. The lowest BCUT2D eigenvalue weighted by Gasteiger charge is -2.49. The molecular formula is C15H22N2O4S. The molecule has 0 amide bonds. The molecule has 1 aromatic heterocycles. The molecule has 0 radical (unpaired) electrons. The molecule has 2 fully saturated rings. The number of aromatic nitrogens is 1. The van der Waals surface area contributed by atoms with Crippen LogP contribution >= 0.6 is 0 Å². The Kier molecular flexibility index (Phi) is 4.49. The molecule has 3 rings (SSSR count). The summed E-state index contributed by atoms with van der Waals surface area (Å²) in [4.78, 5) is 4.17. The fourth-order valence-electron chi connectivity index (χ4n) is 3.60. The van der Waals surface area contributed by atoms with Crippen molar-refractivity contribution in [2.75, 3.05) is 33.4 Å². The summed E-state index contributed by atoms with van der Waals surface area (Å²) in [6, 6.07) is 3.24. The van der Waals surface area contributed by atoms with E-state index in [9.17, 15) is 8.42 Å². The highest BCUT2D eigenvalue weighted by atomic mass is 32.2. The number of pyridine rings is 1. The number of nitrogens with zero attached hydrogens (tertiary/aromatic N) is 2. The monoisotopic (exact) mass is 326 g/mol. The van der Waals surface area contributed by atoms with Gasteiger partial charge in [-0.3, -0.25) is 4.98 Å². The van der Waals surface area contributed by atoms with Crippen LogP contribution in [0.2, 0.25) is 0 Å². The van der Waals surface area contributed by atoms with Gasteiger partial charge in [-0.05, 0) is 31.4 Å². The summed E-state index contributed by atoms with van der Waals surface area (Å²) >= 11 is 0. The van der Waals surface area contributed by atoms with Crippen LogP contribution in [0.25, 0.3) is 0 Å². The van der Waals surface area contributed by atoms with Crippen molar-refractivity contribution in [1.29, 1.82) is 0 Å². The van der Waals surface area contributed by atoms with Crippen molar-refractivity contribution >= 4 is 10.0 Å². The summed E-state index contributed by atoms with van der Waals surface area (Å²) in [5.74, 6) is 0. The van der Waals surface area contributed by atoms with E-state index in [0.717, 1.165) is 19.4 Å². The molecule has 0 N–H and O–H groups in total. The smallest absolute Gasteiger partial charge is 0.244 e. The van der Waals surface area contributed by atoms with Gasteiger partial charge in [0.05, 0.1) is 12.7 Å². The Bertz CT molecular complexity index is 603. The lowest BCUT2D eigenvalue weighted by molar-refractivity contribution is -0.137. The standard InChI is InChI=1S/C15H22N2O4S/c1-20-12-15-6-3-9-21-14(15)5-8-17(11-15)22(18,19)13-4-2-7-16-10-13/h2,4,7,10,14H,3,5-6,8-9,11-12H2,1H3/t14-,15+/m1/s1. The first-order valence-electron chi connectivity index (χ1n) is 7.59. The first kappa shape index (κ1) is 15.9. The molecule has 2 aliphatic heterocycles. The fraction of sp³-hybridized carbons (Fsp3) is 0.667. The predicted molar refractivity (Wildman–Crippen MR) is 80.9 cm³/mol. The number of methoxy groups -OCH3 is 1. The Hall–Kier alpha value is -1.02. The number of hydrogen-bond acceptors (Lipinski definition) is 5. The summed E-state index contributed by atoms with van der Waals surface area (Å²) < 4.78 is 38.5. The second-order valence-electron chi connectivity index (χ2n) is 6.07. The average Bonchev–Trinajstić information content (AvgIpc) is 2.55. The number of rotatable bonds is 4. The Morgan fingerprint density at radius 1 is 1.55 bits per heavy atom. The third kappa shape index (κ3) is 2.78. The lowest BCUT2D eigenvalue weighted by Crippen LogP contribution is -2.57. The minimum atomic E-state index is -3.51. The quantitative estimate of drug-likeness (QED) is 0.834. The van der Waals surface area contributed by atoms with Gasteiger partial charge in [-0.1, -0.05) is 0 Å². The number of fused-ring (bicyclic) bond motifs is 1. The van der Waals surface area contributed by atoms with Crippen molar-refractivity contribution in [3.05, 3.63) is 24.5 Å². The van der Waals surface area contributed by atoms with Crippen molar-refractivity contribution in [3.63, 3.8) is 0 Å². The van der Waals surface area contributed by atoms with Crippen molar-refractivity contribution < 1.29 is 17.9 Å². The molecule has 2 saturated heterocycles. The Labute approximate surface area is 131 Å². The van der Waals surface area contributed by atoms with Crippen LogP contribution in [0.4, 0.5) is 0 Å². The second-order valence-corrected chi connectivity index (χ2v) is 8.01. The predicted octanol–water partition coefficient (Wildman–Crippen LogP) is 1.29. The summed E-state index contributed by atoms with van der Waals surface area (Å²) in [6.07, 6.45) is 5.66. The average molecular weight is 326 g/mol. The van der Waals surface area contributed by atoms with Crippen molar-refractivity contribution in [1.82, 2.24) is 9.29 Å². The lowest BCUT2D eigenvalue weighted by atomic mass is 9.73. The Balaban J connectivity index is 1.87. The first-order valence-corrected chi connectivity index (χ1v) is 9.03. The van der Waals surface area contributed by atoms with E-state index in [-0.39, 0.29) is 16.4 Å². The minimum absolute atomic E-state index is 0.0848. The van der Waals surface area contributed by atoms with Gasteiger partial charge in [0, 0.05) is 44.6 Å². The molecule has 7 heteroatoms. The maximum atomic E-state index is 12.8. The highest BCUT2D eigenvalue weighted by molar-refractivity contribution is 7.89. The zero-order chi connectivity index (χ0) is 15.6. The van der Waals surface area contributed by atoms with Gasteiger partial charge in [0.2, 0.25) is 10.0 Å². The van der Waals surface area contributed by atoms with Crippen LogP contribution in [-0.2, 0) is 19.5 Å². The summed E-state index contributed by atoms with van der Waals surface area (Å²) in [5, 5.41) is 0. The molecule has 122 valence electrons. The van der Waals surface area contributed by atoms with Gasteiger partial charge < -0.3 is 9.47 Å². The third-order valence-corrected chi connectivity index (χ3v) is 6.49. The van der Waals surface area contributed by atoms with Gasteiger partial charge in [-0.15, -0.1) is 0 Å². The minimum Gasteiger partial charge on any atom is -0.384 e. The van der Waals surface area contributed by atoms with Crippen LogP contribution in [-0.4, -0.2) is 57.2 Å². The maximum absolute atomic E-state index is 12.8. The third-order valence-electron chi connectivity index (χ3n) is 4.66. The van der Waals surface area contributed by atoms with E-state index in [1.807, 2.05) is 0 Å². The summed E-state index contributed by atoms with van der Waals surface area (Å²) in [5.41, 5.74) is -0.236. The zero-order valence-electron chi connectivity index (χ0n) is 12.8. The summed E-state index contributed by atoms with van der Waals surface area (Å²) in [6.45, 7) is 2.21. The highest BCUT2D eigenvalue weighted by Crippen LogP contribution is 2.41. The van der Waals surface area contributed by atoms with E-state index in [1.165, 1.54) is 6.20 Å². The van der Waals surface area contributed by atoms with Gasteiger partial charge in [0.1, 0.15) is 4.90 Å². The zero-order valence-corrected chi connectivity index (χ0v) is 13.6. The molecule has 0 spiro atoms. The molecule has 2 aliphatic rings. The number of ether oxygens (including phenoxy) is 2. The van der Waals surface area contributed by atoms with Crippen molar-refractivity contribution in [2.24, 2.45) is 5.41 Å². The largest absolute Gasteiger partial charge is 0.384 e. The van der Waals surface area contributed by atoms with Crippen LogP contribution in [0.15, 0.2) is 29.4 Å². The molecule has 0 saturated carbocycles. The molecule has 0 aliphatic carbocycles. The number of piperidine rings is 1. The summed E-state index contributed by atoms with van der Waals surface area (Å²) in [7, 11) is -1.85. The van der Waals surface area contributed by atoms with Gasteiger partial charge in [-0.25, -0.2) is 8.42 Å². The van der Waals surface area contributed by atoms with E-state index < -0.39 is 10.0 Å². The van der Waals surface area contributed by atoms with Crippen LogP contribution < -0.4 is 0 Å². The van der Waals surface area contributed by atoms with Gasteiger partial charge in [-0.2, -0.15) is 4.31 Å². The van der Waals surface area contributed by atoms with Crippen LogP contribution in [0.5, 0.6) is 0 Å².